The third kappa shape index (κ3) is 4.73. The first kappa shape index (κ1) is 32.9. The van der Waals surface area contributed by atoms with E-state index < -0.39 is 10.8 Å². The lowest BCUT2D eigenvalue weighted by Gasteiger charge is -2.50. The van der Waals surface area contributed by atoms with Crippen molar-refractivity contribution >= 4 is 11.9 Å². The molecule has 0 radical (unpaired) electrons. The van der Waals surface area contributed by atoms with Gasteiger partial charge in [-0.05, 0) is 202 Å². The number of carbonyl (C=O) groups excluding carboxylic acids is 2. The zero-order valence-corrected chi connectivity index (χ0v) is 30.6. The van der Waals surface area contributed by atoms with Gasteiger partial charge in [-0.2, -0.15) is 0 Å². The maximum Gasteiger partial charge on any atom is 0.317 e. The molecule has 0 saturated heterocycles. The van der Waals surface area contributed by atoms with Crippen molar-refractivity contribution in [1.29, 1.82) is 0 Å². The number of aliphatic hydroxyl groups excluding tert-OH is 2. The van der Waals surface area contributed by atoms with Gasteiger partial charge in [-0.15, -0.1) is 0 Å². The Hall–Kier alpha value is -2.70. The van der Waals surface area contributed by atoms with Crippen LogP contribution in [-0.4, -0.2) is 34.4 Å². The van der Waals surface area contributed by atoms with Crippen molar-refractivity contribution in [1.82, 2.24) is 0 Å². The molecule has 6 fully saturated rings. The predicted octanol–water partition coefficient (Wildman–Crippen LogP) is 8.58. The first-order valence-electron chi connectivity index (χ1n) is 20.6. The largest absolute Gasteiger partial charge is 0.426 e. The highest BCUT2D eigenvalue weighted by molar-refractivity contribution is 5.86. The fourth-order valence-electron chi connectivity index (χ4n) is 14.4. The van der Waals surface area contributed by atoms with E-state index in [4.69, 9.17) is 9.47 Å². The van der Waals surface area contributed by atoms with E-state index >= 15 is 0 Å². The summed E-state index contributed by atoms with van der Waals surface area (Å²) in [6.07, 6.45) is 15.7. The Kier molecular flexibility index (Phi) is 7.36. The second kappa shape index (κ2) is 11.4. The summed E-state index contributed by atoms with van der Waals surface area (Å²) in [5.41, 5.74) is 4.38. The Morgan fingerprint density at radius 2 is 1.02 bits per heavy atom. The van der Waals surface area contributed by atoms with Gasteiger partial charge < -0.3 is 19.7 Å². The average Bonchev–Trinajstić information content (AvgIpc) is 3.88. The number of hydrogen-bond donors (Lipinski definition) is 2. The maximum absolute atomic E-state index is 13.9. The van der Waals surface area contributed by atoms with E-state index in [2.05, 4.69) is 38.1 Å². The minimum Gasteiger partial charge on any atom is -0.426 e. The molecule has 8 aliphatic rings. The maximum atomic E-state index is 13.9. The number of aryl methyl sites for hydroxylation is 2. The van der Waals surface area contributed by atoms with Crippen LogP contribution in [0.5, 0.6) is 11.5 Å². The summed E-state index contributed by atoms with van der Waals surface area (Å²) in [4.78, 5) is 27.8. The minimum atomic E-state index is -0.620. The van der Waals surface area contributed by atoms with E-state index in [-0.39, 0.29) is 35.0 Å². The van der Waals surface area contributed by atoms with Crippen LogP contribution in [0.2, 0.25) is 0 Å². The molecule has 6 saturated carbocycles. The molecule has 0 aliphatic heterocycles. The summed E-state index contributed by atoms with van der Waals surface area (Å²) in [6.45, 7) is 4.64. The Morgan fingerprint density at radius 3 is 1.45 bits per heavy atom. The van der Waals surface area contributed by atoms with E-state index in [9.17, 15) is 19.8 Å². The highest BCUT2D eigenvalue weighted by Crippen LogP contribution is 2.64. The molecule has 8 aliphatic carbocycles. The van der Waals surface area contributed by atoms with Crippen molar-refractivity contribution < 1.29 is 29.3 Å². The summed E-state index contributed by atoms with van der Waals surface area (Å²) in [7, 11) is 0. The molecule has 0 heterocycles. The van der Waals surface area contributed by atoms with Crippen LogP contribution < -0.4 is 9.47 Å². The Labute approximate surface area is 303 Å². The van der Waals surface area contributed by atoms with Gasteiger partial charge in [-0.3, -0.25) is 9.59 Å². The number of ether oxygens (including phenoxy) is 2. The first-order valence-corrected chi connectivity index (χ1v) is 20.6. The lowest BCUT2D eigenvalue weighted by molar-refractivity contribution is -0.145. The van der Waals surface area contributed by atoms with Crippen LogP contribution in [0.1, 0.15) is 144 Å². The van der Waals surface area contributed by atoms with Crippen LogP contribution >= 0.6 is 0 Å². The van der Waals surface area contributed by atoms with Gasteiger partial charge in [0.05, 0.1) is 23.0 Å². The molecule has 2 bridgehead atoms. The topological polar surface area (TPSA) is 93.1 Å². The quantitative estimate of drug-likeness (QED) is 0.246. The molecule has 0 spiro atoms. The van der Waals surface area contributed by atoms with Crippen LogP contribution in [0.4, 0.5) is 0 Å². The Balaban J connectivity index is 0.795. The van der Waals surface area contributed by atoms with Crippen molar-refractivity contribution in [2.45, 2.75) is 147 Å². The molecule has 2 N–H and O–H groups in total. The van der Waals surface area contributed by atoms with E-state index in [1.165, 1.54) is 22.3 Å². The lowest BCUT2D eigenvalue weighted by Crippen LogP contribution is -2.43. The third-order valence-electron chi connectivity index (χ3n) is 17.4. The van der Waals surface area contributed by atoms with E-state index in [0.717, 1.165) is 77.0 Å². The highest BCUT2D eigenvalue weighted by Gasteiger charge is 2.63. The van der Waals surface area contributed by atoms with Gasteiger partial charge in [0.15, 0.2) is 0 Å². The summed E-state index contributed by atoms with van der Waals surface area (Å²) >= 11 is 0. The molecule has 6 unspecified atom stereocenters. The average molecular weight is 693 g/mol. The second-order valence-electron chi connectivity index (χ2n) is 19.3. The number of carbonyl (C=O) groups is 2. The van der Waals surface area contributed by atoms with Gasteiger partial charge in [0, 0.05) is 0 Å². The number of aliphatic hydroxyl groups is 2. The molecule has 0 aromatic heterocycles. The predicted molar refractivity (Wildman–Crippen MR) is 193 cm³/mol. The fourth-order valence-corrected chi connectivity index (χ4v) is 14.4. The molecule has 2 aromatic rings. The van der Waals surface area contributed by atoms with E-state index in [0.29, 0.717) is 79.1 Å². The summed E-state index contributed by atoms with van der Waals surface area (Å²) in [5, 5.41) is 21.5. The van der Waals surface area contributed by atoms with E-state index in [1.807, 2.05) is 12.1 Å². The minimum absolute atomic E-state index is 0.0711. The van der Waals surface area contributed by atoms with Gasteiger partial charge >= 0.3 is 11.9 Å². The fraction of sp³-hybridized carbons (Fsp3) is 0.689. The standard InChI is InChI=1S/C45H56O6/c1-42-17-15-32-30-9-5-28(23-26(30)3-7-34(32)36(42)11-13-38(42)46)50-40(48)44-19-21-45(25-44,22-20-44)41(49)51-29-6-10-31-27(24-29)4-8-35-33(31)16-18-43(2)37(35)12-14-39(43)47/h5-6,9-10,23-24,32-39,46-47H,3-4,7-8,11-22,25H2,1-2H3/t32?,33?,34?,35?,36?,37?,38-,39-,42-,43-,44?,45?/m0/s1. The second-order valence-corrected chi connectivity index (χ2v) is 19.3. The molecule has 10 atom stereocenters. The van der Waals surface area contributed by atoms with E-state index in [1.54, 1.807) is 0 Å². The zero-order chi connectivity index (χ0) is 34.9. The summed E-state index contributed by atoms with van der Waals surface area (Å²) < 4.78 is 12.3. The molecular weight excluding hydrogens is 636 g/mol. The molecule has 6 heteroatoms. The molecular formula is C45H56O6. The van der Waals surface area contributed by atoms with Crippen molar-refractivity contribution in [3.63, 3.8) is 0 Å². The number of fused-ring (bicyclic) bond motifs is 12. The smallest absolute Gasteiger partial charge is 0.317 e. The van der Waals surface area contributed by atoms with Crippen molar-refractivity contribution in [2.75, 3.05) is 0 Å². The molecule has 51 heavy (non-hydrogen) atoms. The summed E-state index contributed by atoms with van der Waals surface area (Å²) in [6, 6.07) is 12.7. The Morgan fingerprint density at radius 1 is 0.588 bits per heavy atom. The normalized spacial score (nSPS) is 44.4. The van der Waals surface area contributed by atoms with Gasteiger partial charge in [0.2, 0.25) is 0 Å². The molecule has 0 amide bonds. The summed E-state index contributed by atoms with van der Waals surface area (Å²) in [5.74, 6) is 4.46. The third-order valence-corrected chi connectivity index (χ3v) is 17.4. The number of rotatable bonds is 4. The Bertz CT molecular complexity index is 1640. The zero-order valence-electron chi connectivity index (χ0n) is 30.6. The van der Waals surface area contributed by atoms with Crippen LogP contribution in [0.25, 0.3) is 0 Å². The number of esters is 2. The molecule has 10 rings (SSSR count). The lowest BCUT2D eigenvalue weighted by atomic mass is 9.55. The van der Waals surface area contributed by atoms with Crippen LogP contribution in [-0.2, 0) is 22.4 Å². The molecule has 2 aromatic carbocycles. The monoisotopic (exact) mass is 692 g/mol. The van der Waals surface area contributed by atoms with Gasteiger partial charge in [-0.25, -0.2) is 0 Å². The van der Waals surface area contributed by atoms with Crippen molar-refractivity contribution in [2.24, 2.45) is 45.3 Å². The number of benzene rings is 2. The highest BCUT2D eigenvalue weighted by atomic mass is 16.5. The molecule has 272 valence electrons. The van der Waals surface area contributed by atoms with Gasteiger partial charge in [-0.1, -0.05) is 26.0 Å². The van der Waals surface area contributed by atoms with Crippen molar-refractivity contribution in [3.8, 4) is 11.5 Å². The SMILES string of the molecule is C[C@]12CCC3c4ccc(OC(=O)C56CCC(C(=O)Oc7ccc8c(c7)CCC7C8CC[C@@]8(C)C7CC[C@@H]8O)(CC5)C6)cc4CCC3C1CC[C@@H]2O. The van der Waals surface area contributed by atoms with Gasteiger partial charge in [0.1, 0.15) is 11.5 Å². The van der Waals surface area contributed by atoms with Crippen LogP contribution in [0.15, 0.2) is 36.4 Å². The first-order chi connectivity index (χ1) is 24.5. The molecule has 6 nitrogen and oxygen atoms in total. The van der Waals surface area contributed by atoms with Crippen LogP contribution in [0.3, 0.4) is 0 Å². The van der Waals surface area contributed by atoms with Crippen LogP contribution in [0, 0.1) is 45.3 Å². The van der Waals surface area contributed by atoms with Gasteiger partial charge in [0.25, 0.3) is 0 Å². The number of hydrogen-bond acceptors (Lipinski definition) is 6. The van der Waals surface area contributed by atoms with Crippen molar-refractivity contribution in [3.05, 3.63) is 58.7 Å².